The van der Waals surface area contributed by atoms with Crippen LogP contribution in [0.25, 0.3) is 0 Å². The van der Waals surface area contributed by atoms with E-state index in [1.165, 1.54) is 5.56 Å². The van der Waals surface area contributed by atoms with Crippen molar-refractivity contribution in [1.29, 1.82) is 0 Å². The molecule has 24 heavy (non-hydrogen) atoms. The predicted octanol–water partition coefficient (Wildman–Crippen LogP) is 1.95. The molecule has 0 spiro atoms. The van der Waals surface area contributed by atoms with E-state index < -0.39 is 0 Å². The molecule has 4 heterocycles. The van der Waals surface area contributed by atoms with Crippen LogP contribution in [0, 0.1) is 0 Å². The van der Waals surface area contributed by atoms with Gasteiger partial charge in [-0.2, -0.15) is 0 Å². The van der Waals surface area contributed by atoms with Crippen LogP contribution in [-0.4, -0.2) is 58.1 Å². The molecule has 2 saturated heterocycles. The van der Waals surface area contributed by atoms with Gasteiger partial charge in [-0.25, -0.2) is 0 Å². The summed E-state index contributed by atoms with van der Waals surface area (Å²) in [6.07, 6.45) is 8.92. The van der Waals surface area contributed by atoms with Gasteiger partial charge in [0.1, 0.15) is 0 Å². The van der Waals surface area contributed by atoms with Crippen molar-refractivity contribution in [3.63, 3.8) is 0 Å². The van der Waals surface area contributed by atoms with Gasteiger partial charge in [0.05, 0.1) is 12.7 Å². The van der Waals surface area contributed by atoms with Crippen molar-refractivity contribution in [3.8, 4) is 0 Å². The van der Waals surface area contributed by atoms with Gasteiger partial charge in [-0.15, -0.1) is 0 Å². The van der Waals surface area contributed by atoms with Crippen molar-refractivity contribution in [2.75, 3.05) is 26.2 Å². The maximum atomic E-state index is 6.13. The van der Waals surface area contributed by atoms with Gasteiger partial charge in [0.25, 0.3) is 0 Å². The number of rotatable bonds is 5. The van der Waals surface area contributed by atoms with Crippen LogP contribution in [0.15, 0.2) is 49.1 Å². The molecule has 0 aliphatic carbocycles. The molecule has 0 bridgehead atoms. The predicted molar refractivity (Wildman–Crippen MR) is 92.3 cm³/mol. The second-order valence-corrected chi connectivity index (χ2v) is 6.77. The van der Waals surface area contributed by atoms with E-state index >= 15 is 0 Å². The third-order valence-electron chi connectivity index (χ3n) is 5.03. The summed E-state index contributed by atoms with van der Waals surface area (Å²) in [5.74, 6) is 0. The fourth-order valence-corrected chi connectivity index (χ4v) is 3.77. The van der Waals surface area contributed by atoms with E-state index in [-0.39, 0.29) is 0 Å². The fourth-order valence-electron chi connectivity index (χ4n) is 3.77. The van der Waals surface area contributed by atoms with Gasteiger partial charge in [-0.1, -0.05) is 6.07 Å². The average molecular weight is 324 g/mol. The first-order valence-electron chi connectivity index (χ1n) is 8.72. The van der Waals surface area contributed by atoms with Gasteiger partial charge in [0.15, 0.2) is 0 Å². The number of aromatic nitrogens is 2. The smallest absolute Gasteiger partial charge is 0.0736 e. The molecular weight excluding hydrogens is 300 g/mol. The Labute approximate surface area is 143 Å². The third kappa shape index (κ3) is 3.80. The summed E-state index contributed by atoms with van der Waals surface area (Å²) in [4.78, 5) is 13.4. The molecule has 0 unspecified atom stereocenters. The van der Waals surface area contributed by atoms with E-state index in [2.05, 4.69) is 38.0 Å². The van der Waals surface area contributed by atoms with Gasteiger partial charge in [-0.05, 0) is 35.7 Å². The van der Waals surface area contributed by atoms with Gasteiger partial charge >= 0.3 is 0 Å². The first-order valence-corrected chi connectivity index (χ1v) is 8.72. The quantitative estimate of drug-likeness (QED) is 0.841. The second-order valence-electron chi connectivity index (χ2n) is 6.77. The summed E-state index contributed by atoms with van der Waals surface area (Å²) in [7, 11) is 0. The van der Waals surface area contributed by atoms with Crippen LogP contribution in [-0.2, 0) is 17.9 Å². The van der Waals surface area contributed by atoms with Crippen LogP contribution >= 0.6 is 0 Å². The number of fused-ring (bicyclic) bond motifs is 1. The molecule has 2 aliphatic rings. The van der Waals surface area contributed by atoms with Crippen LogP contribution in [0.3, 0.4) is 0 Å². The number of pyridine rings is 2. The second kappa shape index (κ2) is 7.38. The molecule has 0 radical (unpaired) electrons. The number of nitrogens with zero attached hydrogens (tertiary/aromatic N) is 4. The van der Waals surface area contributed by atoms with Crippen molar-refractivity contribution in [3.05, 3.63) is 60.2 Å². The van der Waals surface area contributed by atoms with Gasteiger partial charge < -0.3 is 4.74 Å². The Bertz CT molecular complexity index is 636. The number of hydrogen-bond donors (Lipinski definition) is 0. The highest BCUT2D eigenvalue weighted by molar-refractivity contribution is 5.10. The third-order valence-corrected chi connectivity index (χ3v) is 5.03. The minimum absolute atomic E-state index is 0.344. The van der Waals surface area contributed by atoms with E-state index in [4.69, 9.17) is 4.74 Å². The van der Waals surface area contributed by atoms with Crippen molar-refractivity contribution in [2.45, 2.75) is 31.7 Å². The molecule has 2 aromatic heterocycles. The summed E-state index contributed by atoms with van der Waals surface area (Å²) in [6.45, 7) is 6.16. The van der Waals surface area contributed by atoms with Crippen molar-refractivity contribution in [1.82, 2.24) is 19.8 Å². The molecule has 5 nitrogen and oxygen atoms in total. The summed E-state index contributed by atoms with van der Waals surface area (Å²) in [6, 6.07) is 8.89. The lowest BCUT2D eigenvalue weighted by Crippen LogP contribution is -2.49. The maximum absolute atomic E-state index is 6.13. The molecule has 0 saturated carbocycles. The zero-order valence-electron chi connectivity index (χ0n) is 13.9. The Balaban J connectivity index is 1.28. The normalized spacial score (nSPS) is 24.8. The van der Waals surface area contributed by atoms with Gasteiger partial charge in [0.2, 0.25) is 0 Å². The molecular formula is C19H24N4O. The highest BCUT2D eigenvalue weighted by atomic mass is 16.5. The molecule has 4 rings (SSSR count). The number of piperazine rings is 1. The summed E-state index contributed by atoms with van der Waals surface area (Å²) >= 11 is 0. The van der Waals surface area contributed by atoms with Crippen LogP contribution < -0.4 is 0 Å². The topological polar surface area (TPSA) is 41.5 Å². The highest BCUT2D eigenvalue weighted by Gasteiger charge is 2.36. The van der Waals surface area contributed by atoms with E-state index in [9.17, 15) is 0 Å². The first-order chi connectivity index (χ1) is 11.9. The molecule has 2 fully saturated rings. The van der Waals surface area contributed by atoms with Gasteiger partial charge in [0, 0.05) is 63.6 Å². The van der Waals surface area contributed by atoms with Crippen LogP contribution in [0.5, 0.6) is 0 Å². The Morgan fingerprint density at radius 1 is 1.00 bits per heavy atom. The van der Waals surface area contributed by atoms with Crippen LogP contribution in [0.1, 0.15) is 17.5 Å². The molecule has 0 aromatic carbocycles. The van der Waals surface area contributed by atoms with E-state index in [0.717, 1.165) is 44.7 Å². The molecule has 0 amide bonds. The molecule has 0 N–H and O–H groups in total. The Morgan fingerprint density at radius 3 is 2.75 bits per heavy atom. The van der Waals surface area contributed by atoms with Crippen LogP contribution in [0.2, 0.25) is 0 Å². The molecule has 2 aromatic rings. The van der Waals surface area contributed by atoms with Crippen LogP contribution in [0.4, 0.5) is 0 Å². The zero-order chi connectivity index (χ0) is 16.2. The summed E-state index contributed by atoms with van der Waals surface area (Å²) < 4.78 is 6.13. The Morgan fingerprint density at radius 2 is 1.92 bits per heavy atom. The maximum Gasteiger partial charge on any atom is 0.0736 e. The molecule has 2 atom stereocenters. The minimum Gasteiger partial charge on any atom is -0.372 e. The minimum atomic E-state index is 0.344. The van der Waals surface area contributed by atoms with Crippen molar-refractivity contribution < 1.29 is 4.74 Å². The lowest BCUT2D eigenvalue weighted by Gasteiger charge is -2.37. The monoisotopic (exact) mass is 324 g/mol. The largest absolute Gasteiger partial charge is 0.372 e. The van der Waals surface area contributed by atoms with E-state index in [1.807, 2.05) is 24.7 Å². The van der Waals surface area contributed by atoms with Crippen molar-refractivity contribution in [2.24, 2.45) is 0 Å². The highest BCUT2D eigenvalue weighted by Crippen LogP contribution is 2.25. The van der Waals surface area contributed by atoms with Crippen molar-refractivity contribution >= 4 is 0 Å². The lowest BCUT2D eigenvalue weighted by atomic mass is 10.1. The zero-order valence-corrected chi connectivity index (χ0v) is 13.9. The summed E-state index contributed by atoms with van der Waals surface area (Å²) in [5, 5.41) is 0. The Hall–Kier alpha value is -1.82. The summed E-state index contributed by atoms with van der Waals surface area (Å²) in [5.41, 5.74) is 2.50. The molecule has 2 aliphatic heterocycles. The Kier molecular flexibility index (Phi) is 4.83. The lowest BCUT2D eigenvalue weighted by molar-refractivity contribution is 0.0457. The fraction of sp³-hybridized carbons (Fsp3) is 0.474. The number of ether oxygens (including phenoxy) is 1. The molecule has 126 valence electrons. The SMILES string of the molecule is c1cncc(CO[C@@H]2C[C@@H]3CN(Cc4ccncc4)CCN3C2)c1. The average Bonchev–Trinajstić information content (AvgIpc) is 3.04. The first kappa shape index (κ1) is 15.7. The van der Waals surface area contributed by atoms with Gasteiger partial charge in [-0.3, -0.25) is 19.8 Å². The number of hydrogen-bond acceptors (Lipinski definition) is 5. The van der Waals surface area contributed by atoms with E-state index in [0.29, 0.717) is 18.8 Å². The molecule has 5 heteroatoms. The standard InChI is InChI=1S/C19H24N4O/c1-2-17(11-21-5-1)15-24-19-10-18-13-22(8-9-23(18)14-19)12-16-3-6-20-7-4-16/h1-7,11,18-19H,8-10,12-15H2/t18-,19-/m1/s1. The van der Waals surface area contributed by atoms with E-state index in [1.54, 1.807) is 6.20 Å².